The van der Waals surface area contributed by atoms with Gasteiger partial charge in [-0.05, 0) is 29.7 Å². The molecule has 0 spiro atoms. The van der Waals surface area contributed by atoms with Crippen LogP contribution in [0.15, 0.2) is 17.7 Å². The molecule has 2 rings (SSSR count). The molecule has 1 unspecified atom stereocenters. The zero-order chi connectivity index (χ0) is 17.3. The number of aliphatic hydroxyl groups excluding tert-OH is 1. The number of carboxylic acids is 1. The van der Waals surface area contributed by atoms with Gasteiger partial charge in [-0.25, -0.2) is 0 Å². The molecule has 0 heterocycles. The van der Waals surface area contributed by atoms with Crippen molar-refractivity contribution in [2.45, 2.75) is 26.2 Å². The van der Waals surface area contributed by atoms with E-state index >= 15 is 0 Å². The number of fused-ring (bicyclic) bond motifs is 1. The van der Waals surface area contributed by atoms with Crippen molar-refractivity contribution in [3.8, 4) is 0 Å². The first kappa shape index (κ1) is 17.0. The van der Waals surface area contributed by atoms with Crippen molar-refractivity contribution in [1.82, 2.24) is 5.32 Å². The molecule has 1 aromatic carbocycles. The fourth-order valence-electron chi connectivity index (χ4n) is 2.66. The van der Waals surface area contributed by atoms with E-state index in [1.54, 1.807) is 19.1 Å². The Balaban J connectivity index is 2.59. The number of benzene rings is 1. The minimum Gasteiger partial charge on any atom is -0.506 e. The standard InChI is InChI=1S/C16H16ClNO5/c1-3-8-4-9(17)5-10-7(2)14(21)13(15(22)12(8)10)16(23)18-6-11(19)20/h4-5,7,22H,3,6H2,1-2H3,(H,18,23)(H,19,20). The largest absolute Gasteiger partial charge is 0.506 e. The zero-order valence-corrected chi connectivity index (χ0v) is 13.4. The molecule has 1 atom stereocenters. The summed E-state index contributed by atoms with van der Waals surface area (Å²) in [6.45, 7) is 2.85. The first-order valence-electron chi connectivity index (χ1n) is 7.08. The van der Waals surface area contributed by atoms with Gasteiger partial charge >= 0.3 is 5.97 Å². The van der Waals surface area contributed by atoms with Crippen LogP contribution in [-0.4, -0.2) is 34.4 Å². The number of rotatable bonds is 4. The molecule has 0 saturated carbocycles. The normalized spacial score (nSPS) is 17.0. The molecule has 6 nitrogen and oxygen atoms in total. The van der Waals surface area contributed by atoms with E-state index in [0.29, 0.717) is 28.1 Å². The molecule has 0 saturated heterocycles. The van der Waals surface area contributed by atoms with E-state index < -0.39 is 41.5 Å². The Morgan fingerprint density at radius 2 is 2.00 bits per heavy atom. The number of Topliss-reactive ketones (excluding diaryl/α,β-unsaturated/α-hetero) is 1. The summed E-state index contributed by atoms with van der Waals surface area (Å²) in [6.07, 6.45) is 0.553. The van der Waals surface area contributed by atoms with Gasteiger partial charge in [0.15, 0.2) is 5.78 Å². The molecule has 1 amide bonds. The van der Waals surface area contributed by atoms with Crippen molar-refractivity contribution in [2.24, 2.45) is 0 Å². The Bertz CT molecular complexity index is 738. The lowest BCUT2D eigenvalue weighted by molar-refractivity contribution is -0.137. The van der Waals surface area contributed by atoms with Crippen LogP contribution in [0.2, 0.25) is 5.02 Å². The summed E-state index contributed by atoms with van der Waals surface area (Å²) in [6, 6.07) is 3.27. The lowest BCUT2D eigenvalue weighted by Crippen LogP contribution is -2.36. The second-order valence-corrected chi connectivity index (χ2v) is 5.71. The number of carbonyl (C=O) groups is 3. The number of hydrogen-bond donors (Lipinski definition) is 3. The minimum absolute atomic E-state index is 0.414. The van der Waals surface area contributed by atoms with Crippen molar-refractivity contribution < 1.29 is 24.6 Å². The third kappa shape index (κ3) is 3.07. The van der Waals surface area contributed by atoms with Crippen LogP contribution < -0.4 is 5.32 Å². The van der Waals surface area contributed by atoms with Crippen LogP contribution >= 0.6 is 11.6 Å². The molecule has 122 valence electrons. The van der Waals surface area contributed by atoms with Crippen molar-refractivity contribution >= 4 is 35.0 Å². The maximum Gasteiger partial charge on any atom is 0.322 e. The molecule has 0 bridgehead atoms. The monoisotopic (exact) mass is 337 g/mol. The Labute approximate surface area is 137 Å². The molecule has 0 aromatic heterocycles. The number of aliphatic carboxylic acids is 1. The Morgan fingerprint density at radius 1 is 1.35 bits per heavy atom. The highest BCUT2D eigenvalue weighted by Gasteiger charge is 2.36. The Kier molecular flexibility index (Phi) is 4.75. The van der Waals surface area contributed by atoms with Crippen LogP contribution in [0, 0.1) is 0 Å². The molecular weight excluding hydrogens is 322 g/mol. The van der Waals surface area contributed by atoms with Crippen LogP contribution in [0.1, 0.15) is 36.5 Å². The van der Waals surface area contributed by atoms with Crippen LogP contribution in [-0.2, 0) is 20.8 Å². The Morgan fingerprint density at radius 3 is 2.57 bits per heavy atom. The smallest absolute Gasteiger partial charge is 0.322 e. The molecular formula is C16H16ClNO5. The molecule has 0 aliphatic heterocycles. The number of amides is 1. The van der Waals surface area contributed by atoms with E-state index in [0.717, 1.165) is 0 Å². The van der Waals surface area contributed by atoms with Crippen LogP contribution in [0.3, 0.4) is 0 Å². The predicted molar refractivity (Wildman–Crippen MR) is 84.4 cm³/mol. The maximum absolute atomic E-state index is 12.4. The average Bonchev–Trinajstić information content (AvgIpc) is 2.49. The van der Waals surface area contributed by atoms with E-state index in [2.05, 4.69) is 5.32 Å². The average molecular weight is 338 g/mol. The Hall–Kier alpha value is -2.34. The number of hydrogen-bond acceptors (Lipinski definition) is 4. The van der Waals surface area contributed by atoms with Crippen molar-refractivity contribution in [3.05, 3.63) is 39.4 Å². The molecule has 3 N–H and O–H groups in total. The second-order valence-electron chi connectivity index (χ2n) is 5.27. The molecule has 1 aliphatic carbocycles. The summed E-state index contributed by atoms with van der Waals surface area (Å²) in [5.41, 5.74) is 1.28. The quantitative estimate of drug-likeness (QED) is 0.729. The summed E-state index contributed by atoms with van der Waals surface area (Å²) in [4.78, 5) is 35.1. The number of aryl methyl sites for hydroxylation is 1. The van der Waals surface area contributed by atoms with Gasteiger partial charge in [-0.2, -0.15) is 0 Å². The van der Waals surface area contributed by atoms with Crippen molar-refractivity contribution in [3.63, 3.8) is 0 Å². The van der Waals surface area contributed by atoms with Gasteiger partial charge in [0.1, 0.15) is 17.9 Å². The van der Waals surface area contributed by atoms with Crippen LogP contribution in [0.25, 0.3) is 5.76 Å². The van der Waals surface area contributed by atoms with E-state index in [4.69, 9.17) is 16.7 Å². The molecule has 7 heteroatoms. The summed E-state index contributed by atoms with van der Waals surface area (Å²) >= 11 is 6.05. The van der Waals surface area contributed by atoms with E-state index in [9.17, 15) is 19.5 Å². The first-order chi connectivity index (χ1) is 10.8. The van der Waals surface area contributed by atoms with Gasteiger partial charge in [-0.1, -0.05) is 25.4 Å². The number of carbonyl (C=O) groups excluding carboxylic acids is 2. The van der Waals surface area contributed by atoms with Crippen molar-refractivity contribution in [2.75, 3.05) is 6.54 Å². The maximum atomic E-state index is 12.4. The van der Waals surface area contributed by atoms with E-state index in [1.165, 1.54) is 0 Å². The van der Waals surface area contributed by atoms with Gasteiger partial charge < -0.3 is 15.5 Å². The molecule has 23 heavy (non-hydrogen) atoms. The van der Waals surface area contributed by atoms with Gasteiger partial charge in [0, 0.05) is 16.5 Å². The number of carboxylic acid groups (broad SMARTS) is 1. The highest BCUT2D eigenvalue weighted by atomic mass is 35.5. The van der Waals surface area contributed by atoms with E-state index in [1.807, 2.05) is 6.92 Å². The van der Waals surface area contributed by atoms with Gasteiger partial charge in [-0.15, -0.1) is 0 Å². The molecule has 0 radical (unpaired) electrons. The van der Waals surface area contributed by atoms with Crippen molar-refractivity contribution in [1.29, 1.82) is 0 Å². The van der Waals surface area contributed by atoms with E-state index in [-0.39, 0.29) is 0 Å². The van der Waals surface area contributed by atoms with Gasteiger partial charge in [0.05, 0.1) is 0 Å². The van der Waals surface area contributed by atoms with Gasteiger partial charge in [-0.3, -0.25) is 14.4 Å². The minimum atomic E-state index is -1.24. The summed E-state index contributed by atoms with van der Waals surface area (Å²) in [5.74, 6) is -3.79. The van der Waals surface area contributed by atoms with Gasteiger partial charge in [0.2, 0.25) is 0 Å². The van der Waals surface area contributed by atoms with Crippen LogP contribution in [0.4, 0.5) is 0 Å². The molecule has 0 fully saturated rings. The number of ketones is 1. The summed E-state index contributed by atoms with van der Waals surface area (Å²) in [7, 11) is 0. The fraction of sp³-hybridized carbons (Fsp3) is 0.312. The zero-order valence-electron chi connectivity index (χ0n) is 12.6. The first-order valence-corrected chi connectivity index (χ1v) is 7.45. The topological polar surface area (TPSA) is 104 Å². The number of nitrogens with one attached hydrogen (secondary N) is 1. The third-order valence-electron chi connectivity index (χ3n) is 3.80. The SMILES string of the molecule is CCc1cc(Cl)cc2c1C(O)=C(C(=O)NCC(=O)O)C(=O)C2C. The summed E-state index contributed by atoms with van der Waals surface area (Å²) in [5, 5.41) is 21.6. The highest BCUT2D eigenvalue weighted by molar-refractivity contribution is 6.31. The summed E-state index contributed by atoms with van der Waals surface area (Å²) < 4.78 is 0. The lowest BCUT2D eigenvalue weighted by atomic mass is 9.79. The lowest BCUT2D eigenvalue weighted by Gasteiger charge is -2.25. The fourth-order valence-corrected chi connectivity index (χ4v) is 2.91. The predicted octanol–water partition coefficient (Wildman–Crippen LogP) is 2.06. The van der Waals surface area contributed by atoms with Crippen LogP contribution in [0.5, 0.6) is 0 Å². The third-order valence-corrected chi connectivity index (χ3v) is 4.02. The molecule has 1 aromatic rings. The molecule has 1 aliphatic rings. The number of halogens is 1. The second kappa shape index (κ2) is 6.42. The van der Waals surface area contributed by atoms with Gasteiger partial charge in [0.25, 0.3) is 5.91 Å². The number of aliphatic hydroxyl groups is 1. The highest BCUT2D eigenvalue weighted by Crippen LogP contribution is 2.39.